The van der Waals surface area contributed by atoms with Gasteiger partial charge in [-0.05, 0) is 50.6 Å². The second-order valence-electron chi connectivity index (χ2n) is 5.90. The van der Waals surface area contributed by atoms with Gasteiger partial charge in [0.1, 0.15) is 0 Å². The summed E-state index contributed by atoms with van der Waals surface area (Å²) in [6.45, 7) is 5.18. The number of carbonyl (C=O) groups excluding carboxylic acids is 2. The summed E-state index contributed by atoms with van der Waals surface area (Å²) in [5, 5.41) is 7.13. The number of nitrogens with one attached hydrogen (secondary N) is 2. The fourth-order valence-corrected chi connectivity index (χ4v) is 3.03. The average Bonchev–Trinajstić information content (AvgIpc) is 2.54. The zero-order chi connectivity index (χ0) is 18.6. The molecule has 25 heavy (non-hydrogen) atoms. The van der Waals surface area contributed by atoms with Crippen molar-refractivity contribution < 1.29 is 9.59 Å². The Kier molecular flexibility index (Phi) is 6.59. The van der Waals surface area contributed by atoms with E-state index in [1.807, 2.05) is 13.0 Å². The molecule has 2 aromatic carbocycles. The largest absolute Gasteiger partial charge is 0.325 e. The lowest BCUT2D eigenvalue weighted by Gasteiger charge is -2.21. The maximum absolute atomic E-state index is 12.4. The molecule has 0 aromatic heterocycles. The first-order chi connectivity index (χ1) is 11.8. The molecule has 0 spiro atoms. The fraction of sp³-hybridized carbons (Fsp3) is 0.263. The van der Waals surface area contributed by atoms with Crippen LogP contribution in [-0.2, 0) is 4.79 Å². The zero-order valence-corrected chi connectivity index (χ0v) is 15.8. The molecule has 2 aromatic rings. The molecule has 0 aliphatic carbocycles. The summed E-state index contributed by atoms with van der Waals surface area (Å²) in [7, 11) is 0. The molecule has 132 valence electrons. The molecule has 0 saturated carbocycles. The topological polar surface area (TPSA) is 58.2 Å². The van der Waals surface area contributed by atoms with Gasteiger partial charge in [-0.2, -0.15) is 0 Å². The highest BCUT2D eigenvalue weighted by Gasteiger charge is 2.18. The monoisotopic (exact) mass is 378 g/mol. The van der Waals surface area contributed by atoms with Crippen LogP contribution >= 0.6 is 23.2 Å². The minimum atomic E-state index is -0.456. The summed E-state index contributed by atoms with van der Waals surface area (Å²) >= 11 is 12.1. The number of Topliss-reactive ketones (excluding diaryl/α,β-unsaturated/α-hetero) is 1. The van der Waals surface area contributed by atoms with Crippen LogP contribution in [0.25, 0.3) is 0 Å². The van der Waals surface area contributed by atoms with Gasteiger partial charge in [0, 0.05) is 27.3 Å². The summed E-state index contributed by atoms with van der Waals surface area (Å²) in [4.78, 5) is 23.8. The molecule has 2 N–H and O–H groups in total. The van der Waals surface area contributed by atoms with E-state index in [9.17, 15) is 9.59 Å². The van der Waals surface area contributed by atoms with E-state index >= 15 is 0 Å². The molecule has 2 unspecified atom stereocenters. The van der Waals surface area contributed by atoms with E-state index in [0.29, 0.717) is 21.3 Å². The standard InChI is InChI=1S/C19H20Cl2N2O2/c1-11(17-8-7-15(20)10-18(17)21)22-12(2)19(25)23-16-6-4-5-14(9-16)13(3)24/h4-12,22H,1-3H3,(H,23,25). The van der Waals surface area contributed by atoms with Gasteiger partial charge in [0.25, 0.3) is 0 Å². The van der Waals surface area contributed by atoms with E-state index in [1.54, 1.807) is 43.3 Å². The van der Waals surface area contributed by atoms with Crippen LogP contribution in [0.5, 0.6) is 0 Å². The molecule has 0 radical (unpaired) electrons. The van der Waals surface area contributed by atoms with Crippen molar-refractivity contribution in [1.29, 1.82) is 0 Å². The van der Waals surface area contributed by atoms with Crippen LogP contribution in [0.4, 0.5) is 5.69 Å². The molecule has 6 heteroatoms. The number of amides is 1. The van der Waals surface area contributed by atoms with Crippen molar-refractivity contribution >= 4 is 40.6 Å². The minimum Gasteiger partial charge on any atom is -0.325 e. The van der Waals surface area contributed by atoms with Crippen molar-refractivity contribution in [3.05, 3.63) is 63.6 Å². The number of anilines is 1. The third-order valence-electron chi connectivity index (χ3n) is 3.86. The van der Waals surface area contributed by atoms with Crippen molar-refractivity contribution in [1.82, 2.24) is 5.32 Å². The normalized spacial score (nSPS) is 13.2. The van der Waals surface area contributed by atoms with Gasteiger partial charge in [-0.15, -0.1) is 0 Å². The van der Waals surface area contributed by atoms with Crippen LogP contribution in [0, 0.1) is 0 Å². The molecule has 4 nitrogen and oxygen atoms in total. The van der Waals surface area contributed by atoms with E-state index in [1.165, 1.54) is 6.92 Å². The van der Waals surface area contributed by atoms with Gasteiger partial charge in [-0.25, -0.2) is 0 Å². The second kappa shape index (κ2) is 8.48. The summed E-state index contributed by atoms with van der Waals surface area (Å²) in [6, 6.07) is 11.5. The molecule has 0 aliphatic heterocycles. The molecular formula is C19H20Cl2N2O2. The fourth-order valence-electron chi connectivity index (χ4n) is 2.46. The van der Waals surface area contributed by atoms with E-state index in [0.717, 1.165) is 5.56 Å². The number of benzene rings is 2. The van der Waals surface area contributed by atoms with Gasteiger partial charge >= 0.3 is 0 Å². The highest BCUT2D eigenvalue weighted by molar-refractivity contribution is 6.35. The molecule has 0 aliphatic rings. The van der Waals surface area contributed by atoms with Crippen LogP contribution in [0.3, 0.4) is 0 Å². The van der Waals surface area contributed by atoms with Gasteiger partial charge in [0.2, 0.25) is 5.91 Å². The van der Waals surface area contributed by atoms with Gasteiger partial charge in [0.15, 0.2) is 5.78 Å². The van der Waals surface area contributed by atoms with Gasteiger partial charge in [-0.3, -0.25) is 14.9 Å². The van der Waals surface area contributed by atoms with Crippen molar-refractivity contribution in [2.75, 3.05) is 5.32 Å². The van der Waals surface area contributed by atoms with E-state index in [4.69, 9.17) is 23.2 Å². The maximum Gasteiger partial charge on any atom is 0.241 e. The molecular weight excluding hydrogens is 359 g/mol. The Bertz CT molecular complexity index is 793. The molecule has 0 saturated heterocycles. The average molecular weight is 379 g/mol. The van der Waals surface area contributed by atoms with E-state index in [2.05, 4.69) is 10.6 Å². The third-order valence-corrected chi connectivity index (χ3v) is 4.42. The quantitative estimate of drug-likeness (QED) is 0.704. The van der Waals surface area contributed by atoms with Crippen LogP contribution in [0.1, 0.15) is 42.7 Å². The highest BCUT2D eigenvalue weighted by Crippen LogP contribution is 2.26. The molecule has 0 heterocycles. The summed E-state index contributed by atoms with van der Waals surface area (Å²) in [6.07, 6.45) is 0. The number of hydrogen-bond donors (Lipinski definition) is 2. The first-order valence-electron chi connectivity index (χ1n) is 7.91. The summed E-state index contributed by atoms with van der Waals surface area (Å²) in [5.41, 5.74) is 2.01. The summed E-state index contributed by atoms with van der Waals surface area (Å²) < 4.78 is 0. The smallest absolute Gasteiger partial charge is 0.241 e. The summed E-state index contributed by atoms with van der Waals surface area (Å²) in [5.74, 6) is -0.245. The van der Waals surface area contributed by atoms with Crippen molar-refractivity contribution in [2.24, 2.45) is 0 Å². The molecule has 2 rings (SSSR count). The SMILES string of the molecule is CC(=O)c1cccc(NC(=O)C(C)NC(C)c2ccc(Cl)cc2Cl)c1. The molecule has 0 fully saturated rings. The maximum atomic E-state index is 12.4. The number of ketones is 1. The lowest BCUT2D eigenvalue weighted by Crippen LogP contribution is -2.39. The molecule has 1 amide bonds. The van der Waals surface area contributed by atoms with Gasteiger partial charge in [-0.1, -0.05) is 41.4 Å². The number of carbonyl (C=O) groups is 2. The lowest BCUT2D eigenvalue weighted by molar-refractivity contribution is -0.117. The van der Waals surface area contributed by atoms with Crippen LogP contribution in [0.2, 0.25) is 10.0 Å². The number of rotatable bonds is 6. The van der Waals surface area contributed by atoms with Crippen molar-refractivity contribution in [3.8, 4) is 0 Å². The first kappa shape index (κ1) is 19.4. The minimum absolute atomic E-state index is 0.0479. The van der Waals surface area contributed by atoms with Gasteiger partial charge < -0.3 is 5.32 Å². The zero-order valence-electron chi connectivity index (χ0n) is 14.3. The van der Waals surface area contributed by atoms with E-state index in [-0.39, 0.29) is 17.7 Å². The predicted octanol–water partition coefficient (Wildman–Crippen LogP) is 4.87. The van der Waals surface area contributed by atoms with Crippen LogP contribution < -0.4 is 10.6 Å². The van der Waals surface area contributed by atoms with Crippen molar-refractivity contribution in [2.45, 2.75) is 32.9 Å². The molecule has 2 atom stereocenters. The van der Waals surface area contributed by atoms with E-state index < -0.39 is 6.04 Å². The van der Waals surface area contributed by atoms with Crippen molar-refractivity contribution in [3.63, 3.8) is 0 Å². The first-order valence-corrected chi connectivity index (χ1v) is 8.66. The Morgan fingerprint density at radius 2 is 1.76 bits per heavy atom. The number of halogens is 2. The Morgan fingerprint density at radius 3 is 2.40 bits per heavy atom. The Labute approximate surface area is 157 Å². The Balaban J connectivity index is 2.02. The predicted molar refractivity (Wildman–Crippen MR) is 103 cm³/mol. The lowest BCUT2D eigenvalue weighted by atomic mass is 10.1. The third kappa shape index (κ3) is 5.30. The Morgan fingerprint density at radius 1 is 1.04 bits per heavy atom. The highest BCUT2D eigenvalue weighted by atomic mass is 35.5. The van der Waals surface area contributed by atoms with Crippen LogP contribution in [-0.4, -0.2) is 17.7 Å². The second-order valence-corrected chi connectivity index (χ2v) is 6.75. The number of hydrogen-bond acceptors (Lipinski definition) is 3. The Hall–Kier alpha value is -1.88. The van der Waals surface area contributed by atoms with Crippen LogP contribution in [0.15, 0.2) is 42.5 Å². The van der Waals surface area contributed by atoms with Gasteiger partial charge in [0.05, 0.1) is 6.04 Å². The molecule has 0 bridgehead atoms.